The van der Waals surface area contributed by atoms with Gasteiger partial charge in [0.15, 0.2) is 0 Å². The molecule has 0 saturated heterocycles. The molecule has 0 fully saturated rings. The molecule has 0 amide bonds. The van der Waals surface area contributed by atoms with Crippen molar-refractivity contribution in [1.29, 1.82) is 0 Å². The summed E-state index contributed by atoms with van der Waals surface area (Å²) in [4.78, 5) is 0. The van der Waals surface area contributed by atoms with Crippen LogP contribution in [0.3, 0.4) is 0 Å². The zero-order chi connectivity index (χ0) is 13.7. The smallest absolute Gasteiger partial charge is 0.0751 e. The Morgan fingerprint density at radius 2 is 1.12 bits per heavy atom. The standard InChI is InChI=1S/C14H28I2O/c1-7-9-11(15)13(3,4)17-14(5,6)12(16)10-8-2/h11-12H,7-10H2,1-6H3. The molecule has 0 spiro atoms. The van der Waals surface area contributed by atoms with Gasteiger partial charge in [-0.3, -0.25) is 0 Å². The molecule has 0 aliphatic carbocycles. The minimum absolute atomic E-state index is 0.0444. The number of rotatable bonds is 8. The second kappa shape index (κ2) is 7.88. The largest absolute Gasteiger partial charge is 0.368 e. The molecule has 2 unspecified atom stereocenters. The quantitative estimate of drug-likeness (QED) is 0.326. The van der Waals surface area contributed by atoms with Gasteiger partial charge in [0.05, 0.1) is 11.2 Å². The van der Waals surface area contributed by atoms with Crippen molar-refractivity contribution in [2.75, 3.05) is 0 Å². The highest BCUT2D eigenvalue weighted by Gasteiger charge is 2.37. The lowest BCUT2D eigenvalue weighted by Crippen LogP contribution is -2.47. The van der Waals surface area contributed by atoms with E-state index in [0.29, 0.717) is 7.85 Å². The first-order valence-corrected chi connectivity index (χ1v) is 9.14. The average Bonchev–Trinajstić information content (AvgIpc) is 2.16. The molecule has 104 valence electrons. The van der Waals surface area contributed by atoms with Gasteiger partial charge in [0.1, 0.15) is 0 Å². The Morgan fingerprint density at radius 1 is 0.824 bits per heavy atom. The fourth-order valence-corrected chi connectivity index (χ4v) is 3.51. The van der Waals surface area contributed by atoms with Gasteiger partial charge in [0.2, 0.25) is 0 Å². The first-order valence-electron chi connectivity index (χ1n) is 6.65. The van der Waals surface area contributed by atoms with Crippen LogP contribution in [0.15, 0.2) is 0 Å². The lowest BCUT2D eigenvalue weighted by molar-refractivity contribution is -0.119. The van der Waals surface area contributed by atoms with Crippen molar-refractivity contribution in [2.45, 2.75) is 86.3 Å². The molecular weight excluding hydrogens is 438 g/mol. The highest BCUT2D eigenvalue weighted by molar-refractivity contribution is 14.1. The van der Waals surface area contributed by atoms with Crippen LogP contribution in [0, 0.1) is 0 Å². The van der Waals surface area contributed by atoms with Crippen LogP contribution >= 0.6 is 45.2 Å². The number of hydrogen-bond donors (Lipinski definition) is 0. The normalized spacial score (nSPS) is 16.9. The summed E-state index contributed by atoms with van der Waals surface area (Å²) in [6.07, 6.45) is 4.90. The van der Waals surface area contributed by atoms with Gasteiger partial charge in [-0.1, -0.05) is 71.9 Å². The van der Waals surface area contributed by atoms with Crippen molar-refractivity contribution >= 4 is 45.2 Å². The lowest BCUT2D eigenvalue weighted by atomic mass is 9.96. The Hall–Kier alpha value is 1.42. The maximum absolute atomic E-state index is 6.44. The Bertz CT molecular complexity index is 192. The van der Waals surface area contributed by atoms with Crippen molar-refractivity contribution in [2.24, 2.45) is 0 Å². The van der Waals surface area contributed by atoms with Crippen LogP contribution in [-0.4, -0.2) is 19.1 Å². The Morgan fingerprint density at radius 3 is 1.35 bits per heavy atom. The number of ether oxygens (including phenoxy) is 1. The van der Waals surface area contributed by atoms with E-state index in [2.05, 4.69) is 86.7 Å². The van der Waals surface area contributed by atoms with E-state index in [0.717, 1.165) is 0 Å². The zero-order valence-corrected chi connectivity index (χ0v) is 16.5. The summed E-state index contributed by atoms with van der Waals surface area (Å²) in [6, 6.07) is 0. The van der Waals surface area contributed by atoms with E-state index in [9.17, 15) is 0 Å². The molecule has 0 N–H and O–H groups in total. The molecule has 0 heterocycles. The molecule has 17 heavy (non-hydrogen) atoms. The minimum atomic E-state index is -0.0444. The van der Waals surface area contributed by atoms with Crippen molar-refractivity contribution < 1.29 is 4.74 Å². The predicted molar refractivity (Wildman–Crippen MR) is 94.7 cm³/mol. The summed E-state index contributed by atoms with van der Waals surface area (Å²) in [5.74, 6) is 0. The summed E-state index contributed by atoms with van der Waals surface area (Å²) in [6.45, 7) is 13.4. The van der Waals surface area contributed by atoms with Gasteiger partial charge >= 0.3 is 0 Å². The van der Waals surface area contributed by atoms with Gasteiger partial charge in [-0.05, 0) is 40.5 Å². The molecule has 0 radical (unpaired) electrons. The highest BCUT2D eigenvalue weighted by atomic mass is 127. The molecule has 0 aliphatic rings. The molecule has 0 bridgehead atoms. The third kappa shape index (κ3) is 6.41. The van der Waals surface area contributed by atoms with Crippen molar-refractivity contribution in [3.63, 3.8) is 0 Å². The van der Waals surface area contributed by atoms with E-state index >= 15 is 0 Å². The van der Waals surface area contributed by atoms with Crippen LogP contribution in [-0.2, 0) is 4.74 Å². The lowest BCUT2D eigenvalue weighted by Gasteiger charge is -2.41. The third-order valence-corrected chi connectivity index (χ3v) is 7.36. The van der Waals surface area contributed by atoms with Gasteiger partial charge in [0.25, 0.3) is 0 Å². The van der Waals surface area contributed by atoms with Gasteiger partial charge < -0.3 is 4.74 Å². The summed E-state index contributed by atoms with van der Waals surface area (Å²) >= 11 is 5.08. The zero-order valence-electron chi connectivity index (χ0n) is 12.1. The third-order valence-electron chi connectivity index (χ3n) is 3.12. The first-order chi connectivity index (χ1) is 7.67. The van der Waals surface area contributed by atoms with Crippen LogP contribution in [0.5, 0.6) is 0 Å². The Kier molecular flexibility index (Phi) is 8.53. The molecule has 2 atom stereocenters. The molecule has 0 aromatic carbocycles. The summed E-state index contributed by atoms with van der Waals surface area (Å²) in [5, 5.41) is 0. The van der Waals surface area contributed by atoms with E-state index in [1.54, 1.807) is 0 Å². The maximum atomic E-state index is 6.44. The Balaban J connectivity index is 4.56. The number of hydrogen-bond acceptors (Lipinski definition) is 1. The summed E-state index contributed by atoms with van der Waals surface area (Å²) in [5.41, 5.74) is -0.0888. The van der Waals surface area contributed by atoms with E-state index < -0.39 is 0 Å². The van der Waals surface area contributed by atoms with Crippen LogP contribution in [0.25, 0.3) is 0 Å². The molecular formula is C14H28I2O. The topological polar surface area (TPSA) is 9.23 Å². The van der Waals surface area contributed by atoms with Crippen LogP contribution < -0.4 is 0 Å². The second-order valence-electron chi connectivity index (χ2n) is 5.82. The van der Waals surface area contributed by atoms with Crippen molar-refractivity contribution in [3.8, 4) is 0 Å². The van der Waals surface area contributed by atoms with Crippen LogP contribution in [0.2, 0.25) is 0 Å². The van der Waals surface area contributed by atoms with E-state index in [1.807, 2.05) is 0 Å². The maximum Gasteiger partial charge on any atom is 0.0751 e. The number of alkyl halides is 2. The van der Waals surface area contributed by atoms with Gasteiger partial charge in [-0.15, -0.1) is 0 Å². The van der Waals surface area contributed by atoms with E-state index in [-0.39, 0.29) is 11.2 Å². The predicted octanol–water partition coefficient (Wildman–Crippen LogP) is 5.77. The molecule has 0 saturated carbocycles. The van der Waals surface area contributed by atoms with E-state index in [4.69, 9.17) is 4.74 Å². The summed E-state index contributed by atoms with van der Waals surface area (Å²) < 4.78 is 7.60. The molecule has 3 heteroatoms. The van der Waals surface area contributed by atoms with Gasteiger partial charge in [-0.2, -0.15) is 0 Å². The fourth-order valence-electron chi connectivity index (χ4n) is 2.01. The van der Waals surface area contributed by atoms with E-state index in [1.165, 1.54) is 25.7 Å². The molecule has 0 aromatic heterocycles. The van der Waals surface area contributed by atoms with Crippen molar-refractivity contribution in [3.05, 3.63) is 0 Å². The fraction of sp³-hybridized carbons (Fsp3) is 1.00. The second-order valence-corrected chi connectivity index (χ2v) is 8.83. The highest BCUT2D eigenvalue weighted by Crippen LogP contribution is 2.35. The monoisotopic (exact) mass is 466 g/mol. The first kappa shape index (κ1) is 18.4. The summed E-state index contributed by atoms with van der Waals surface area (Å²) in [7, 11) is 0. The molecule has 0 aromatic rings. The average molecular weight is 466 g/mol. The molecule has 0 rings (SSSR count). The van der Waals surface area contributed by atoms with Gasteiger partial charge in [-0.25, -0.2) is 0 Å². The minimum Gasteiger partial charge on any atom is -0.368 e. The Labute approximate surface area is 135 Å². The molecule has 0 aliphatic heterocycles. The SMILES string of the molecule is CCCC(I)C(C)(C)OC(C)(C)C(I)CCC. The van der Waals surface area contributed by atoms with Crippen molar-refractivity contribution in [1.82, 2.24) is 0 Å². The molecule has 1 nitrogen and oxygen atoms in total. The number of halogens is 2. The van der Waals surface area contributed by atoms with Crippen LogP contribution in [0.4, 0.5) is 0 Å². The van der Waals surface area contributed by atoms with Gasteiger partial charge in [0, 0.05) is 7.85 Å². The van der Waals surface area contributed by atoms with Crippen LogP contribution in [0.1, 0.15) is 67.2 Å².